The summed E-state index contributed by atoms with van der Waals surface area (Å²) in [6, 6.07) is 4.35. The second kappa shape index (κ2) is 4.01. The molecule has 3 aromatic rings. The molecule has 3 heterocycles. The summed E-state index contributed by atoms with van der Waals surface area (Å²) < 4.78 is 2.68. The number of hydrogen-bond acceptors (Lipinski definition) is 3. The highest BCUT2D eigenvalue weighted by Gasteiger charge is 2.08. The quantitative estimate of drug-likeness (QED) is 0.596. The summed E-state index contributed by atoms with van der Waals surface area (Å²) in [5.41, 5.74) is 1.46. The Bertz CT molecular complexity index is 588. The summed E-state index contributed by atoms with van der Waals surface area (Å²) in [7, 11) is 0. The van der Waals surface area contributed by atoms with E-state index < -0.39 is 0 Å². The third-order valence-electron chi connectivity index (χ3n) is 2.33. The topological polar surface area (TPSA) is 0 Å². The van der Waals surface area contributed by atoms with Gasteiger partial charge in [0.05, 0.1) is 4.01 Å². The minimum atomic E-state index is 1.05. The lowest BCUT2D eigenvalue weighted by Crippen LogP contribution is -1.81. The predicted octanol–water partition coefficient (Wildman–Crippen LogP) is 5.38. The average Bonchev–Trinajstić information content (AvgIpc) is 2.86. The SMILES string of the molecule is Brc1ccsc1Cc1csc2sccc12. The summed E-state index contributed by atoms with van der Waals surface area (Å²) in [6.07, 6.45) is 1.05. The molecule has 0 N–H and O–H groups in total. The molecule has 3 rings (SSSR count). The van der Waals surface area contributed by atoms with Gasteiger partial charge in [-0.3, -0.25) is 0 Å². The molecular weight excluding hydrogens is 308 g/mol. The van der Waals surface area contributed by atoms with Gasteiger partial charge in [0.25, 0.3) is 0 Å². The molecule has 76 valence electrons. The van der Waals surface area contributed by atoms with Crippen LogP contribution in [-0.2, 0) is 6.42 Å². The lowest BCUT2D eigenvalue weighted by atomic mass is 10.1. The maximum absolute atomic E-state index is 3.58. The molecule has 0 amide bonds. The van der Waals surface area contributed by atoms with Crippen LogP contribution in [-0.4, -0.2) is 0 Å². The summed E-state index contributed by atoms with van der Waals surface area (Å²) in [5.74, 6) is 0. The molecule has 4 heteroatoms. The van der Waals surface area contributed by atoms with Crippen molar-refractivity contribution in [2.45, 2.75) is 6.42 Å². The average molecular weight is 315 g/mol. The Morgan fingerprint density at radius 2 is 1.93 bits per heavy atom. The molecule has 0 spiro atoms. The highest BCUT2D eigenvalue weighted by Crippen LogP contribution is 2.34. The van der Waals surface area contributed by atoms with E-state index in [0.29, 0.717) is 0 Å². The molecule has 0 radical (unpaired) electrons. The first kappa shape index (κ1) is 10.0. The maximum Gasteiger partial charge on any atom is 0.0867 e. The number of rotatable bonds is 2. The maximum atomic E-state index is 3.58. The van der Waals surface area contributed by atoms with Gasteiger partial charge in [0.1, 0.15) is 0 Å². The molecule has 0 unspecified atom stereocenters. The van der Waals surface area contributed by atoms with Gasteiger partial charge >= 0.3 is 0 Å². The Hall–Kier alpha value is -0.160. The van der Waals surface area contributed by atoms with Gasteiger partial charge in [-0.25, -0.2) is 0 Å². The van der Waals surface area contributed by atoms with Crippen molar-refractivity contribution in [3.63, 3.8) is 0 Å². The van der Waals surface area contributed by atoms with Gasteiger partial charge in [-0.2, -0.15) is 0 Å². The monoisotopic (exact) mass is 314 g/mol. The number of fused-ring (bicyclic) bond motifs is 1. The Labute approximate surface area is 108 Å². The van der Waals surface area contributed by atoms with Gasteiger partial charge in [-0.15, -0.1) is 34.0 Å². The molecule has 0 saturated heterocycles. The minimum Gasteiger partial charge on any atom is -0.147 e. The van der Waals surface area contributed by atoms with E-state index in [1.165, 1.54) is 24.3 Å². The van der Waals surface area contributed by atoms with Crippen molar-refractivity contribution >= 4 is 59.3 Å². The molecule has 0 aliphatic heterocycles. The van der Waals surface area contributed by atoms with E-state index in [0.717, 1.165) is 6.42 Å². The Morgan fingerprint density at radius 3 is 2.73 bits per heavy atom. The summed E-state index contributed by atoms with van der Waals surface area (Å²) >= 11 is 9.09. The molecule has 0 fully saturated rings. The largest absolute Gasteiger partial charge is 0.147 e. The molecule has 0 atom stereocenters. The van der Waals surface area contributed by atoms with E-state index in [1.807, 2.05) is 34.0 Å². The number of hydrogen-bond donors (Lipinski definition) is 0. The van der Waals surface area contributed by atoms with Crippen molar-refractivity contribution < 1.29 is 0 Å². The van der Waals surface area contributed by atoms with E-state index in [9.17, 15) is 0 Å². The van der Waals surface area contributed by atoms with Crippen LogP contribution in [0.2, 0.25) is 0 Å². The van der Waals surface area contributed by atoms with Gasteiger partial charge in [0.15, 0.2) is 0 Å². The molecule has 15 heavy (non-hydrogen) atoms. The van der Waals surface area contributed by atoms with Gasteiger partial charge in [0.2, 0.25) is 0 Å². The first-order chi connectivity index (χ1) is 7.34. The van der Waals surface area contributed by atoms with Gasteiger partial charge < -0.3 is 0 Å². The normalized spacial score (nSPS) is 11.3. The molecular formula is C11H7BrS3. The van der Waals surface area contributed by atoms with Crippen molar-refractivity contribution in [1.29, 1.82) is 0 Å². The summed E-state index contributed by atoms with van der Waals surface area (Å²) in [5, 5.41) is 8.03. The van der Waals surface area contributed by atoms with E-state index in [2.05, 4.69) is 44.2 Å². The minimum absolute atomic E-state index is 1.05. The third kappa shape index (κ3) is 1.80. The molecule has 0 nitrogen and oxygen atoms in total. The van der Waals surface area contributed by atoms with Crippen LogP contribution in [0.4, 0.5) is 0 Å². The van der Waals surface area contributed by atoms with E-state index in [4.69, 9.17) is 0 Å². The first-order valence-corrected chi connectivity index (χ1v) is 7.93. The van der Waals surface area contributed by atoms with Crippen LogP contribution in [0.15, 0.2) is 32.7 Å². The highest BCUT2D eigenvalue weighted by molar-refractivity contribution is 9.10. The molecule has 0 aromatic carbocycles. The zero-order valence-electron chi connectivity index (χ0n) is 7.70. The third-order valence-corrected chi connectivity index (χ3v) is 6.37. The van der Waals surface area contributed by atoms with Gasteiger partial charge in [0, 0.05) is 21.2 Å². The molecule has 0 saturated carbocycles. The predicted molar refractivity (Wildman–Crippen MR) is 74.5 cm³/mol. The lowest BCUT2D eigenvalue weighted by molar-refractivity contribution is 1.27. The van der Waals surface area contributed by atoms with Gasteiger partial charge in [-0.05, 0) is 49.8 Å². The van der Waals surface area contributed by atoms with Crippen LogP contribution in [0.1, 0.15) is 10.4 Å². The zero-order chi connectivity index (χ0) is 10.3. The van der Waals surface area contributed by atoms with Crippen LogP contribution in [0, 0.1) is 0 Å². The standard InChI is InChI=1S/C11H7BrS3/c12-9-2-4-13-10(9)5-7-6-15-11-8(7)1-3-14-11/h1-4,6H,5H2. The van der Waals surface area contributed by atoms with Crippen molar-refractivity contribution in [2.75, 3.05) is 0 Å². The van der Waals surface area contributed by atoms with Crippen LogP contribution in [0.5, 0.6) is 0 Å². The summed E-state index contributed by atoms with van der Waals surface area (Å²) in [6.45, 7) is 0. The Kier molecular flexibility index (Phi) is 2.68. The highest BCUT2D eigenvalue weighted by atomic mass is 79.9. The van der Waals surface area contributed by atoms with E-state index >= 15 is 0 Å². The zero-order valence-corrected chi connectivity index (χ0v) is 11.7. The van der Waals surface area contributed by atoms with Crippen molar-refractivity contribution in [2.24, 2.45) is 0 Å². The number of halogens is 1. The second-order valence-electron chi connectivity index (χ2n) is 3.25. The molecule has 0 aliphatic carbocycles. The van der Waals surface area contributed by atoms with Crippen molar-refractivity contribution in [3.05, 3.63) is 43.2 Å². The van der Waals surface area contributed by atoms with Crippen LogP contribution in [0.25, 0.3) is 9.40 Å². The van der Waals surface area contributed by atoms with Crippen molar-refractivity contribution in [1.82, 2.24) is 0 Å². The smallest absolute Gasteiger partial charge is 0.0867 e. The van der Waals surface area contributed by atoms with E-state index in [-0.39, 0.29) is 0 Å². The van der Waals surface area contributed by atoms with Crippen LogP contribution < -0.4 is 0 Å². The lowest BCUT2D eigenvalue weighted by Gasteiger charge is -1.96. The second-order valence-corrected chi connectivity index (χ2v) is 7.16. The first-order valence-electron chi connectivity index (χ1n) is 4.50. The van der Waals surface area contributed by atoms with Crippen LogP contribution >= 0.6 is 49.9 Å². The fourth-order valence-corrected chi connectivity index (χ4v) is 5.06. The fourth-order valence-electron chi connectivity index (χ4n) is 1.57. The Morgan fingerprint density at radius 1 is 1.07 bits per heavy atom. The number of thiophene rings is 3. The van der Waals surface area contributed by atoms with E-state index in [1.54, 1.807) is 0 Å². The molecule has 0 aliphatic rings. The Balaban J connectivity index is 2.02. The molecule has 3 aromatic heterocycles. The molecule has 0 bridgehead atoms. The van der Waals surface area contributed by atoms with Crippen LogP contribution in [0.3, 0.4) is 0 Å². The van der Waals surface area contributed by atoms with Crippen molar-refractivity contribution in [3.8, 4) is 0 Å². The fraction of sp³-hybridized carbons (Fsp3) is 0.0909. The van der Waals surface area contributed by atoms with Gasteiger partial charge in [-0.1, -0.05) is 0 Å². The summed E-state index contributed by atoms with van der Waals surface area (Å²) in [4.78, 5) is 1.42.